The molecule has 192 valence electrons. The van der Waals surface area contributed by atoms with Crippen molar-refractivity contribution < 1.29 is 23.7 Å². The number of ether oxygens (including phenoxy) is 4. The molecular weight excluding hydrogens is 478 g/mol. The number of benzene rings is 1. The van der Waals surface area contributed by atoms with E-state index >= 15 is 0 Å². The molecule has 1 aromatic carbocycles. The number of H-pyrrole nitrogens is 1. The zero-order valence-corrected chi connectivity index (χ0v) is 20.9. The summed E-state index contributed by atoms with van der Waals surface area (Å²) in [6, 6.07) is 5.35. The number of hydrogen-bond acceptors (Lipinski definition) is 9. The van der Waals surface area contributed by atoms with E-state index in [-0.39, 0.29) is 12.3 Å². The number of aromatic nitrogens is 5. The highest BCUT2D eigenvalue weighted by atomic mass is 16.5. The zero-order chi connectivity index (χ0) is 26.2. The van der Waals surface area contributed by atoms with E-state index in [9.17, 15) is 4.79 Å². The summed E-state index contributed by atoms with van der Waals surface area (Å²) in [7, 11) is 3.14. The number of amides is 1. The molecule has 12 nitrogen and oxygen atoms in total. The molecule has 0 unspecified atom stereocenters. The van der Waals surface area contributed by atoms with Crippen LogP contribution in [0.5, 0.6) is 23.0 Å². The summed E-state index contributed by atoms with van der Waals surface area (Å²) in [6.45, 7) is 4.13. The van der Waals surface area contributed by atoms with Crippen molar-refractivity contribution in [2.75, 3.05) is 27.4 Å². The van der Waals surface area contributed by atoms with Gasteiger partial charge in [-0.2, -0.15) is 10.2 Å². The molecule has 4 aromatic rings. The van der Waals surface area contributed by atoms with E-state index in [0.717, 1.165) is 5.39 Å². The monoisotopic (exact) mass is 505 g/mol. The Labute approximate surface area is 212 Å². The van der Waals surface area contributed by atoms with Crippen LogP contribution in [0.25, 0.3) is 16.6 Å². The molecule has 12 heteroatoms. The second-order valence-corrected chi connectivity index (χ2v) is 7.46. The van der Waals surface area contributed by atoms with Gasteiger partial charge in [0.25, 0.3) is 5.91 Å². The van der Waals surface area contributed by atoms with Crippen LogP contribution in [0.1, 0.15) is 24.3 Å². The number of carbonyl (C=O) groups is 1. The van der Waals surface area contributed by atoms with E-state index in [1.807, 2.05) is 13.0 Å². The molecule has 4 rings (SSSR count). The Balaban J connectivity index is 1.43. The Morgan fingerprint density at radius 3 is 2.68 bits per heavy atom. The zero-order valence-electron chi connectivity index (χ0n) is 20.9. The number of aromatic amines is 1. The molecule has 0 atom stereocenters. The predicted octanol–water partition coefficient (Wildman–Crippen LogP) is 3.30. The van der Waals surface area contributed by atoms with Crippen LogP contribution in [-0.4, -0.2) is 64.5 Å². The van der Waals surface area contributed by atoms with E-state index in [0.29, 0.717) is 46.6 Å². The summed E-state index contributed by atoms with van der Waals surface area (Å²) in [5.74, 6) is 1.98. The van der Waals surface area contributed by atoms with Crippen LogP contribution in [0, 0.1) is 0 Å². The van der Waals surface area contributed by atoms with Gasteiger partial charge in [-0.25, -0.2) is 9.67 Å². The Bertz CT molecular complexity index is 1430. The van der Waals surface area contributed by atoms with Crippen molar-refractivity contribution in [2.24, 2.45) is 4.99 Å². The Morgan fingerprint density at radius 1 is 1.16 bits per heavy atom. The third-order valence-corrected chi connectivity index (χ3v) is 5.21. The van der Waals surface area contributed by atoms with Crippen molar-refractivity contribution in [1.82, 2.24) is 30.3 Å². The fourth-order valence-electron chi connectivity index (χ4n) is 3.47. The molecule has 1 amide bonds. The molecule has 0 aliphatic heterocycles. The third-order valence-electron chi connectivity index (χ3n) is 5.21. The van der Waals surface area contributed by atoms with Gasteiger partial charge in [-0.15, -0.1) is 0 Å². The standard InChI is InChI=1S/C25H27N7O5/c1-5-23(30-25(33)24-22(36-6-2)15-32(31-24)16-13-28-29-14-16)27-9-10-37-19-7-8-26-18-12-21(35-4)20(34-3)11-17(18)19/h5,7-9,11-15H,6,10H2,1-4H3,(H,28,29)(H,30,33)/b23-5+,27-9?. The first-order valence-electron chi connectivity index (χ1n) is 11.4. The van der Waals surface area contributed by atoms with E-state index < -0.39 is 5.91 Å². The van der Waals surface area contributed by atoms with E-state index in [4.69, 9.17) is 18.9 Å². The number of pyridine rings is 1. The summed E-state index contributed by atoms with van der Waals surface area (Å²) in [5.41, 5.74) is 1.50. The summed E-state index contributed by atoms with van der Waals surface area (Å²) in [5, 5.41) is 14.5. The van der Waals surface area contributed by atoms with Crippen LogP contribution >= 0.6 is 0 Å². The average molecular weight is 506 g/mol. The van der Waals surface area contributed by atoms with Crippen LogP contribution in [0.2, 0.25) is 0 Å². The topological polar surface area (TPSA) is 138 Å². The lowest BCUT2D eigenvalue weighted by Gasteiger charge is -2.11. The number of aliphatic imine (C=N–C) groups is 1. The number of hydrogen-bond donors (Lipinski definition) is 2. The molecule has 0 radical (unpaired) electrons. The van der Waals surface area contributed by atoms with E-state index in [1.54, 1.807) is 70.4 Å². The average Bonchev–Trinajstić information content (AvgIpc) is 3.60. The van der Waals surface area contributed by atoms with Crippen LogP contribution in [-0.2, 0) is 0 Å². The maximum Gasteiger partial charge on any atom is 0.281 e. The van der Waals surface area contributed by atoms with Crippen molar-refractivity contribution in [1.29, 1.82) is 0 Å². The maximum absolute atomic E-state index is 12.9. The molecule has 2 N–H and O–H groups in total. The summed E-state index contributed by atoms with van der Waals surface area (Å²) in [4.78, 5) is 21.6. The third kappa shape index (κ3) is 5.69. The molecule has 0 aliphatic carbocycles. The second kappa shape index (κ2) is 11.7. The van der Waals surface area contributed by atoms with Crippen LogP contribution in [0.3, 0.4) is 0 Å². The molecule has 0 bridgehead atoms. The maximum atomic E-state index is 12.9. The fourth-order valence-corrected chi connectivity index (χ4v) is 3.47. The highest BCUT2D eigenvalue weighted by molar-refractivity contribution is 5.96. The van der Waals surface area contributed by atoms with Crippen LogP contribution in [0.15, 0.2) is 59.9 Å². The number of rotatable bonds is 11. The molecular formula is C25H27N7O5. The van der Waals surface area contributed by atoms with Gasteiger partial charge in [0.2, 0.25) is 0 Å². The summed E-state index contributed by atoms with van der Waals surface area (Å²) in [6.07, 6.45) is 9.74. The van der Waals surface area contributed by atoms with Gasteiger partial charge in [0, 0.05) is 30.1 Å². The lowest BCUT2D eigenvalue weighted by Crippen LogP contribution is -2.23. The number of nitrogens with zero attached hydrogens (tertiary/aromatic N) is 5. The minimum atomic E-state index is -0.460. The van der Waals surface area contributed by atoms with Gasteiger partial charge in [0.15, 0.2) is 22.9 Å². The van der Waals surface area contributed by atoms with Crippen LogP contribution in [0.4, 0.5) is 0 Å². The molecule has 0 saturated carbocycles. The highest BCUT2D eigenvalue weighted by Gasteiger charge is 2.20. The molecule has 3 aromatic heterocycles. The van der Waals surface area contributed by atoms with E-state index in [1.165, 1.54) is 4.68 Å². The Hall–Kier alpha value is -4.87. The van der Waals surface area contributed by atoms with Crippen molar-refractivity contribution >= 4 is 23.0 Å². The second-order valence-electron chi connectivity index (χ2n) is 7.46. The van der Waals surface area contributed by atoms with Gasteiger partial charge < -0.3 is 24.3 Å². The van der Waals surface area contributed by atoms with Gasteiger partial charge in [0.1, 0.15) is 23.9 Å². The number of carbonyl (C=O) groups excluding carboxylic acids is 1. The number of methoxy groups -OCH3 is 2. The van der Waals surface area contributed by atoms with Gasteiger partial charge in [-0.3, -0.25) is 14.9 Å². The molecule has 0 aliphatic rings. The summed E-state index contributed by atoms with van der Waals surface area (Å²) < 4.78 is 23.7. The smallest absolute Gasteiger partial charge is 0.281 e. The predicted molar refractivity (Wildman–Crippen MR) is 137 cm³/mol. The Morgan fingerprint density at radius 2 is 1.97 bits per heavy atom. The SMILES string of the molecule is C/C=C(\N=CCOc1ccnc2cc(OC)c(OC)cc12)NC(=O)c1nn(-c2cn[nH]c2)cc1OCC. The fraction of sp³-hybridized carbons (Fsp3) is 0.240. The quantitative estimate of drug-likeness (QED) is 0.296. The van der Waals surface area contributed by atoms with Gasteiger partial charge >= 0.3 is 0 Å². The first-order valence-corrected chi connectivity index (χ1v) is 11.4. The van der Waals surface area contributed by atoms with Crippen LogP contribution < -0.4 is 24.3 Å². The molecule has 0 saturated heterocycles. The van der Waals surface area contributed by atoms with Gasteiger partial charge in [0.05, 0.1) is 38.7 Å². The lowest BCUT2D eigenvalue weighted by molar-refractivity contribution is 0.0956. The highest BCUT2D eigenvalue weighted by Crippen LogP contribution is 2.35. The number of allylic oxidation sites excluding steroid dienone is 1. The first kappa shape index (κ1) is 25.2. The summed E-state index contributed by atoms with van der Waals surface area (Å²) >= 11 is 0. The van der Waals surface area contributed by atoms with Crippen molar-refractivity contribution in [2.45, 2.75) is 13.8 Å². The number of fused-ring (bicyclic) bond motifs is 1. The Kier molecular flexibility index (Phi) is 7.98. The first-order chi connectivity index (χ1) is 18.1. The van der Waals surface area contributed by atoms with Gasteiger partial charge in [-0.05, 0) is 32.1 Å². The molecule has 3 heterocycles. The molecule has 37 heavy (non-hydrogen) atoms. The lowest BCUT2D eigenvalue weighted by atomic mass is 10.2. The minimum Gasteiger partial charge on any atom is -0.493 e. The van der Waals surface area contributed by atoms with Crippen molar-refractivity contribution in [3.8, 4) is 28.7 Å². The largest absolute Gasteiger partial charge is 0.493 e. The minimum absolute atomic E-state index is 0.126. The molecule has 0 spiro atoms. The molecule has 0 fully saturated rings. The van der Waals surface area contributed by atoms with E-state index in [2.05, 4.69) is 30.6 Å². The van der Waals surface area contributed by atoms with Crippen molar-refractivity contribution in [3.05, 3.63) is 60.6 Å². The normalized spacial score (nSPS) is 11.6. The van der Waals surface area contributed by atoms with Crippen molar-refractivity contribution in [3.63, 3.8) is 0 Å². The number of nitrogens with one attached hydrogen (secondary N) is 2. The van der Waals surface area contributed by atoms with Gasteiger partial charge in [-0.1, -0.05) is 0 Å².